The van der Waals surface area contributed by atoms with Gasteiger partial charge in [0.1, 0.15) is 5.03 Å². The van der Waals surface area contributed by atoms with E-state index in [1.54, 1.807) is 24.3 Å². The molecule has 2 rings (SSSR count). The molecule has 0 bridgehead atoms. The van der Waals surface area contributed by atoms with E-state index < -0.39 is 0 Å². The van der Waals surface area contributed by atoms with Crippen LogP contribution in [0.1, 0.15) is 59.2 Å². The summed E-state index contributed by atoms with van der Waals surface area (Å²) < 4.78 is 0. The molecule has 0 heterocycles. The first-order valence-corrected chi connectivity index (χ1v) is 9.98. The van der Waals surface area contributed by atoms with Gasteiger partial charge in [0.25, 0.3) is 0 Å². The number of allylic oxidation sites excluding steroid dienone is 2. The molecule has 124 valence electrons. The zero-order chi connectivity index (χ0) is 16.7. The maximum Gasteiger partial charge on any atom is 0.206 e. The van der Waals surface area contributed by atoms with E-state index in [1.165, 1.54) is 37.4 Å². The Morgan fingerprint density at radius 3 is 2.09 bits per heavy atom. The summed E-state index contributed by atoms with van der Waals surface area (Å²) >= 11 is 11.8. The molecule has 1 aliphatic rings. The Bertz CT molecular complexity index is 611. The summed E-state index contributed by atoms with van der Waals surface area (Å²) in [6.45, 7) is 0. The molecule has 0 saturated heterocycles. The second-order valence-corrected chi connectivity index (χ2v) is 7.47. The summed E-state index contributed by atoms with van der Waals surface area (Å²) in [5.41, 5.74) is 0.882. The molecule has 1 aromatic carbocycles. The van der Waals surface area contributed by atoms with E-state index in [1.807, 2.05) is 0 Å². The van der Waals surface area contributed by atoms with Gasteiger partial charge in [0.05, 0.1) is 4.91 Å². The van der Waals surface area contributed by atoms with Crippen molar-refractivity contribution in [3.63, 3.8) is 0 Å². The second-order valence-electron chi connectivity index (χ2n) is 5.54. The molecule has 5 heteroatoms. The number of fused-ring (bicyclic) bond motifs is 1. The van der Waals surface area contributed by atoms with Gasteiger partial charge in [-0.15, -0.1) is 11.8 Å². The van der Waals surface area contributed by atoms with Gasteiger partial charge < -0.3 is 0 Å². The number of unbranched alkanes of at least 4 members (excludes halogenated alkanes) is 5. The fourth-order valence-electron chi connectivity index (χ4n) is 2.55. The topological polar surface area (TPSA) is 34.1 Å². The molecule has 0 spiro atoms. The highest BCUT2D eigenvalue weighted by Gasteiger charge is 2.31. The van der Waals surface area contributed by atoms with Crippen LogP contribution in [0.5, 0.6) is 0 Å². The molecule has 0 unspecified atom stereocenters. The molecular formula is C18H21ClO2S2. The molecule has 1 aliphatic carbocycles. The smallest absolute Gasteiger partial charge is 0.206 e. The van der Waals surface area contributed by atoms with Crippen LogP contribution >= 0.6 is 36.0 Å². The SMILES string of the molecule is O=C1C(Cl)=C(SCCCCCCCCS)C(=O)c2ccccc21. The van der Waals surface area contributed by atoms with Gasteiger partial charge in [-0.25, -0.2) is 0 Å². The Morgan fingerprint density at radius 1 is 0.870 bits per heavy atom. The molecular weight excluding hydrogens is 348 g/mol. The van der Waals surface area contributed by atoms with Crippen LogP contribution in [0.15, 0.2) is 34.2 Å². The van der Waals surface area contributed by atoms with Crippen molar-refractivity contribution in [2.45, 2.75) is 38.5 Å². The van der Waals surface area contributed by atoms with E-state index in [-0.39, 0.29) is 16.6 Å². The summed E-state index contributed by atoms with van der Waals surface area (Å²) in [4.78, 5) is 25.1. The van der Waals surface area contributed by atoms with Crippen LogP contribution in [-0.4, -0.2) is 23.1 Å². The van der Waals surface area contributed by atoms with E-state index >= 15 is 0 Å². The number of rotatable bonds is 9. The number of ketones is 2. The van der Waals surface area contributed by atoms with E-state index in [0.717, 1.165) is 24.3 Å². The molecule has 0 radical (unpaired) electrons. The zero-order valence-electron chi connectivity index (χ0n) is 13.0. The number of halogens is 1. The third-order valence-electron chi connectivity index (χ3n) is 3.82. The minimum Gasteiger partial charge on any atom is -0.288 e. The quantitative estimate of drug-likeness (QED) is 0.460. The molecule has 23 heavy (non-hydrogen) atoms. The molecule has 1 aromatic rings. The average molecular weight is 369 g/mol. The third kappa shape index (κ3) is 4.88. The predicted octanol–water partition coefficient (Wildman–Crippen LogP) is 5.52. The predicted molar refractivity (Wildman–Crippen MR) is 102 cm³/mol. The fraction of sp³-hybridized carbons (Fsp3) is 0.444. The first kappa shape index (κ1) is 18.6. The third-order valence-corrected chi connectivity index (χ3v) is 5.78. The normalized spacial score (nSPS) is 14.3. The van der Waals surface area contributed by atoms with Crippen molar-refractivity contribution < 1.29 is 9.59 Å². The lowest BCUT2D eigenvalue weighted by atomic mass is 9.95. The Hall–Kier alpha value is -0.710. The van der Waals surface area contributed by atoms with Crippen LogP contribution in [-0.2, 0) is 0 Å². The van der Waals surface area contributed by atoms with Gasteiger partial charge in [0, 0.05) is 11.1 Å². The van der Waals surface area contributed by atoms with Gasteiger partial charge in [0.15, 0.2) is 0 Å². The molecule has 0 fully saturated rings. The van der Waals surface area contributed by atoms with E-state index in [2.05, 4.69) is 12.6 Å². The molecule has 2 nitrogen and oxygen atoms in total. The highest BCUT2D eigenvalue weighted by molar-refractivity contribution is 8.04. The van der Waals surface area contributed by atoms with Crippen molar-refractivity contribution in [2.24, 2.45) is 0 Å². The minimum absolute atomic E-state index is 0.0764. The minimum atomic E-state index is -0.240. The van der Waals surface area contributed by atoms with Gasteiger partial charge in [-0.2, -0.15) is 12.6 Å². The molecule has 0 N–H and O–H groups in total. The maximum atomic E-state index is 12.5. The molecule has 0 aliphatic heterocycles. The maximum absolute atomic E-state index is 12.5. The Balaban J connectivity index is 1.85. The summed E-state index contributed by atoms with van der Waals surface area (Å²) in [5, 5.41) is 0.0764. The van der Waals surface area contributed by atoms with Gasteiger partial charge in [0.2, 0.25) is 11.6 Å². The van der Waals surface area contributed by atoms with Crippen LogP contribution in [0.4, 0.5) is 0 Å². The molecule has 0 amide bonds. The van der Waals surface area contributed by atoms with Crippen molar-refractivity contribution >= 4 is 47.6 Å². The summed E-state index contributed by atoms with van der Waals surface area (Å²) in [5.74, 6) is 1.42. The number of carbonyl (C=O) groups is 2. The average Bonchev–Trinajstić information content (AvgIpc) is 2.58. The lowest BCUT2D eigenvalue weighted by molar-refractivity contribution is 0.0987. The lowest BCUT2D eigenvalue weighted by Crippen LogP contribution is -2.18. The number of hydrogen-bond donors (Lipinski definition) is 1. The van der Waals surface area contributed by atoms with Crippen LogP contribution < -0.4 is 0 Å². The van der Waals surface area contributed by atoms with Crippen LogP contribution in [0.2, 0.25) is 0 Å². The lowest BCUT2D eigenvalue weighted by Gasteiger charge is -2.17. The van der Waals surface area contributed by atoms with Gasteiger partial charge in [-0.05, 0) is 24.3 Å². The van der Waals surface area contributed by atoms with E-state index in [9.17, 15) is 9.59 Å². The van der Waals surface area contributed by atoms with Crippen molar-refractivity contribution in [3.8, 4) is 0 Å². The van der Waals surface area contributed by atoms with Crippen LogP contribution in [0.25, 0.3) is 0 Å². The van der Waals surface area contributed by atoms with Crippen molar-refractivity contribution in [1.82, 2.24) is 0 Å². The summed E-state index contributed by atoms with van der Waals surface area (Å²) in [7, 11) is 0. The first-order valence-electron chi connectivity index (χ1n) is 7.98. The summed E-state index contributed by atoms with van der Waals surface area (Å²) in [6, 6.07) is 6.88. The number of hydrogen-bond acceptors (Lipinski definition) is 4. The standard InChI is InChI=1S/C18H21ClO2S2/c19-15-16(20)13-9-5-6-10-14(13)17(21)18(15)23-12-8-4-2-1-3-7-11-22/h5-6,9-10,22H,1-4,7-8,11-12H2. The Morgan fingerprint density at radius 2 is 1.43 bits per heavy atom. The number of carbonyl (C=O) groups excluding carboxylic acids is 2. The van der Waals surface area contributed by atoms with Crippen LogP contribution in [0.3, 0.4) is 0 Å². The van der Waals surface area contributed by atoms with Gasteiger partial charge in [-0.1, -0.05) is 61.5 Å². The number of benzene rings is 1. The zero-order valence-corrected chi connectivity index (χ0v) is 15.5. The Kier molecular flexibility index (Phi) is 7.74. The van der Waals surface area contributed by atoms with Gasteiger partial charge in [-0.3, -0.25) is 9.59 Å². The monoisotopic (exact) mass is 368 g/mol. The first-order chi connectivity index (χ1) is 11.2. The molecule has 0 atom stereocenters. The Labute approximate surface area is 152 Å². The fourth-order valence-corrected chi connectivity index (χ4v) is 4.13. The van der Waals surface area contributed by atoms with Crippen molar-refractivity contribution in [2.75, 3.05) is 11.5 Å². The number of Topliss-reactive ketones (excluding diaryl/α,β-unsaturated/α-hetero) is 2. The van der Waals surface area contributed by atoms with Gasteiger partial charge >= 0.3 is 0 Å². The van der Waals surface area contributed by atoms with E-state index in [0.29, 0.717) is 16.0 Å². The number of thioether (sulfide) groups is 1. The van der Waals surface area contributed by atoms with Crippen molar-refractivity contribution in [1.29, 1.82) is 0 Å². The summed E-state index contributed by atoms with van der Waals surface area (Å²) in [6.07, 6.45) is 7.02. The highest BCUT2D eigenvalue weighted by atomic mass is 35.5. The molecule has 0 saturated carbocycles. The molecule has 0 aromatic heterocycles. The van der Waals surface area contributed by atoms with Crippen molar-refractivity contribution in [3.05, 3.63) is 45.3 Å². The highest BCUT2D eigenvalue weighted by Crippen LogP contribution is 2.35. The second kappa shape index (κ2) is 9.55. The largest absolute Gasteiger partial charge is 0.288 e. The van der Waals surface area contributed by atoms with Crippen LogP contribution in [0, 0.1) is 0 Å². The van der Waals surface area contributed by atoms with E-state index in [4.69, 9.17) is 11.6 Å². The number of thiol groups is 1.